The van der Waals surface area contributed by atoms with E-state index in [9.17, 15) is 0 Å². The number of para-hydroxylation sites is 2. The summed E-state index contributed by atoms with van der Waals surface area (Å²) in [7, 11) is 0. The fourth-order valence-corrected chi connectivity index (χ4v) is 12.1. The number of nitrogens with zero attached hydrogens (tertiary/aromatic N) is 2. The maximum atomic E-state index is 2.45. The highest BCUT2D eigenvalue weighted by molar-refractivity contribution is 6.27. The van der Waals surface area contributed by atoms with Crippen molar-refractivity contribution in [2.24, 2.45) is 5.92 Å². The number of hydrogen-bond donors (Lipinski definition) is 0. The van der Waals surface area contributed by atoms with Gasteiger partial charge in [-0.15, -0.1) is 0 Å². The van der Waals surface area contributed by atoms with E-state index < -0.39 is 0 Å². The highest BCUT2D eigenvalue weighted by atomic mass is 15.2. The molecule has 0 aliphatic heterocycles. The minimum atomic E-state index is 0.213. The van der Waals surface area contributed by atoms with Crippen molar-refractivity contribution in [2.75, 3.05) is 9.80 Å². The lowest BCUT2D eigenvalue weighted by molar-refractivity contribution is 0.628. The van der Waals surface area contributed by atoms with Crippen LogP contribution < -0.4 is 9.80 Å². The lowest BCUT2D eigenvalue weighted by atomic mass is 9.83. The third-order valence-corrected chi connectivity index (χ3v) is 15.7. The Morgan fingerprint density at radius 1 is 0.267 bits per heavy atom. The van der Waals surface area contributed by atoms with Crippen LogP contribution in [0.3, 0.4) is 0 Å². The van der Waals surface area contributed by atoms with Crippen LogP contribution in [0.5, 0.6) is 0 Å². The summed E-state index contributed by atoms with van der Waals surface area (Å²) in [6.45, 7) is 2.35. The Balaban J connectivity index is 0.774. The summed E-state index contributed by atoms with van der Waals surface area (Å²) in [6, 6.07) is 98.0. The van der Waals surface area contributed by atoms with Crippen LogP contribution in [0.15, 0.2) is 291 Å². The van der Waals surface area contributed by atoms with E-state index in [-0.39, 0.29) is 11.8 Å². The first-order chi connectivity index (χ1) is 37.1. The van der Waals surface area contributed by atoms with Crippen LogP contribution in [0.1, 0.15) is 18.4 Å². The summed E-state index contributed by atoms with van der Waals surface area (Å²) in [4.78, 5) is 4.79. The van der Waals surface area contributed by atoms with Crippen LogP contribution in [-0.2, 0) is 0 Å². The number of anilines is 5. The topological polar surface area (TPSA) is 6.48 Å². The first-order valence-electron chi connectivity index (χ1n) is 26.2. The molecule has 2 nitrogen and oxygen atoms in total. The van der Waals surface area contributed by atoms with Gasteiger partial charge in [-0.25, -0.2) is 0 Å². The van der Waals surface area contributed by atoms with E-state index in [0.29, 0.717) is 0 Å². The molecule has 0 radical (unpaired) electrons. The van der Waals surface area contributed by atoms with Gasteiger partial charge >= 0.3 is 0 Å². The summed E-state index contributed by atoms with van der Waals surface area (Å²) in [5, 5.41) is 15.4. The van der Waals surface area contributed by atoms with Gasteiger partial charge < -0.3 is 9.80 Å². The summed E-state index contributed by atoms with van der Waals surface area (Å²) >= 11 is 0. The second-order valence-electron chi connectivity index (χ2n) is 20.1. The van der Waals surface area contributed by atoms with Crippen LogP contribution in [0, 0.1) is 5.92 Å². The zero-order chi connectivity index (χ0) is 49.8. The largest absolute Gasteiger partial charge is 0.311 e. The zero-order valence-corrected chi connectivity index (χ0v) is 41.7. The molecule has 13 aromatic carbocycles. The minimum absolute atomic E-state index is 0.213. The zero-order valence-electron chi connectivity index (χ0n) is 41.7. The lowest BCUT2D eigenvalue weighted by Gasteiger charge is -2.32. The van der Waals surface area contributed by atoms with Gasteiger partial charge in [-0.05, 0) is 177 Å². The van der Waals surface area contributed by atoms with Crippen LogP contribution in [-0.4, -0.2) is 0 Å². The van der Waals surface area contributed by atoms with Crippen molar-refractivity contribution in [1.29, 1.82) is 0 Å². The average Bonchev–Trinajstić information content (AvgIpc) is 3.49. The van der Waals surface area contributed by atoms with Crippen molar-refractivity contribution < 1.29 is 0 Å². The molecule has 14 rings (SSSR count). The van der Waals surface area contributed by atoms with Crippen molar-refractivity contribution in [2.45, 2.75) is 12.8 Å². The molecule has 0 aromatic heterocycles. The van der Waals surface area contributed by atoms with Crippen LogP contribution >= 0.6 is 0 Å². The molecule has 0 N–H and O–H groups in total. The molecule has 354 valence electrons. The Morgan fingerprint density at radius 3 is 1.05 bits per heavy atom. The van der Waals surface area contributed by atoms with Crippen LogP contribution in [0.4, 0.5) is 28.4 Å². The Bertz CT molecular complexity index is 4310. The quantitative estimate of drug-likeness (QED) is 0.133. The SMILES string of the molecule is CC1C=C(N(c2ccccc2)c2cccc(-c3ccc4c5ccccc5c5ccccc5c4c3)c2)C=CC1c1ccc(N(c2ccccc2)c2cccc(-c3ccc4c5ccccc5c5ccccc5c4c3)c2)cc1. The van der Waals surface area contributed by atoms with Crippen molar-refractivity contribution in [3.8, 4) is 22.3 Å². The molecule has 0 saturated heterocycles. The van der Waals surface area contributed by atoms with E-state index in [0.717, 1.165) is 34.1 Å². The molecule has 0 amide bonds. The van der Waals surface area contributed by atoms with Crippen LogP contribution in [0.25, 0.3) is 86.9 Å². The van der Waals surface area contributed by atoms with Gasteiger partial charge in [0.05, 0.1) is 0 Å². The van der Waals surface area contributed by atoms with Gasteiger partial charge in [0.15, 0.2) is 0 Å². The predicted molar refractivity (Wildman–Crippen MR) is 321 cm³/mol. The first-order valence-corrected chi connectivity index (χ1v) is 26.2. The second kappa shape index (κ2) is 18.5. The molecular weight excluding hydrogens is 905 g/mol. The van der Waals surface area contributed by atoms with Crippen molar-refractivity contribution in [1.82, 2.24) is 0 Å². The molecule has 0 heterocycles. The number of fused-ring (bicyclic) bond motifs is 12. The van der Waals surface area contributed by atoms with E-state index in [1.165, 1.54) is 92.5 Å². The third-order valence-electron chi connectivity index (χ3n) is 15.7. The molecule has 1 aliphatic rings. The summed E-state index contributed by atoms with van der Waals surface area (Å²) in [5.74, 6) is 0.456. The Labute approximate surface area is 438 Å². The normalized spacial score (nSPS) is 14.5. The van der Waals surface area contributed by atoms with E-state index in [4.69, 9.17) is 0 Å². The van der Waals surface area contributed by atoms with Crippen molar-refractivity contribution >= 4 is 93.1 Å². The molecular formula is C73H52N2. The van der Waals surface area contributed by atoms with Gasteiger partial charge in [0, 0.05) is 40.1 Å². The molecule has 0 bridgehead atoms. The monoisotopic (exact) mass is 956 g/mol. The van der Waals surface area contributed by atoms with E-state index >= 15 is 0 Å². The fourth-order valence-electron chi connectivity index (χ4n) is 12.1. The van der Waals surface area contributed by atoms with E-state index in [2.05, 4.69) is 302 Å². The summed E-state index contributed by atoms with van der Waals surface area (Å²) in [6.07, 6.45) is 7.18. The highest BCUT2D eigenvalue weighted by Crippen LogP contribution is 2.44. The summed E-state index contributed by atoms with van der Waals surface area (Å²) in [5.41, 5.74) is 12.8. The fraction of sp³-hybridized carbons (Fsp3) is 0.0411. The maximum Gasteiger partial charge on any atom is 0.0467 e. The molecule has 2 unspecified atom stereocenters. The number of benzene rings is 13. The second-order valence-corrected chi connectivity index (χ2v) is 20.1. The van der Waals surface area contributed by atoms with Crippen LogP contribution in [0.2, 0.25) is 0 Å². The number of allylic oxidation sites excluding steroid dienone is 3. The minimum Gasteiger partial charge on any atom is -0.311 e. The average molecular weight is 957 g/mol. The Morgan fingerprint density at radius 2 is 0.613 bits per heavy atom. The van der Waals surface area contributed by atoms with Gasteiger partial charge in [-0.3, -0.25) is 0 Å². The standard InChI is InChI=1S/C73H52N2/c1-49-44-60(75(56-22-6-3-7-23-56)59-25-17-19-52(46-59)54-37-42-71-67-31-11-9-27-63(67)65-29-13-15-33-69(65)73(71)48-54)40-43-61(49)50-34-38-57(39-35-50)74(55-20-4-2-5-21-55)58-24-16-18-51(45-58)53-36-41-70-66-30-10-8-26-62(66)64-28-12-14-32-68(64)72(70)47-53/h2-49,61H,1H3. The Hall–Kier alpha value is -9.50. The lowest BCUT2D eigenvalue weighted by Crippen LogP contribution is -2.20. The van der Waals surface area contributed by atoms with Crippen molar-refractivity contribution in [3.63, 3.8) is 0 Å². The molecule has 0 saturated carbocycles. The van der Waals surface area contributed by atoms with Gasteiger partial charge in [0.1, 0.15) is 0 Å². The highest BCUT2D eigenvalue weighted by Gasteiger charge is 2.24. The molecule has 75 heavy (non-hydrogen) atoms. The molecule has 13 aromatic rings. The third kappa shape index (κ3) is 7.82. The molecule has 2 atom stereocenters. The Kier molecular flexibility index (Phi) is 10.9. The summed E-state index contributed by atoms with van der Waals surface area (Å²) < 4.78 is 0. The number of hydrogen-bond acceptors (Lipinski definition) is 2. The first kappa shape index (κ1) is 44.2. The predicted octanol–water partition coefficient (Wildman–Crippen LogP) is 20.4. The molecule has 0 fully saturated rings. The molecule has 0 spiro atoms. The smallest absolute Gasteiger partial charge is 0.0467 e. The van der Waals surface area contributed by atoms with Gasteiger partial charge in [-0.1, -0.05) is 213 Å². The van der Waals surface area contributed by atoms with Gasteiger partial charge in [0.25, 0.3) is 0 Å². The van der Waals surface area contributed by atoms with Crippen molar-refractivity contribution in [3.05, 3.63) is 296 Å². The van der Waals surface area contributed by atoms with E-state index in [1.54, 1.807) is 0 Å². The number of rotatable bonds is 9. The van der Waals surface area contributed by atoms with Gasteiger partial charge in [-0.2, -0.15) is 0 Å². The molecule has 2 heteroatoms. The van der Waals surface area contributed by atoms with Gasteiger partial charge in [0.2, 0.25) is 0 Å². The maximum absolute atomic E-state index is 2.45. The van der Waals surface area contributed by atoms with E-state index in [1.807, 2.05) is 0 Å². The molecule has 1 aliphatic carbocycles.